The number of hydrogen-bond donors (Lipinski definition) is 0. The molecule has 0 spiro atoms. The number of piperazine rings is 1. The van der Waals surface area contributed by atoms with Crippen molar-refractivity contribution in [2.24, 2.45) is 5.92 Å². The molecule has 1 saturated carbocycles. The molecule has 1 amide bonds. The number of carbonyl (C=O) groups is 1. The van der Waals surface area contributed by atoms with Crippen molar-refractivity contribution < 1.29 is 4.79 Å². The van der Waals surface area contributed by atoms with Gasteiger partial charge in [0, 0.05) is 43.4 Å². The molecule has 4 nitrogen and oxygen atoms in total. The standard InChI is InChI=1S/C14H18BrN3O/c15-12-2-1-5-16-13(12)14(19)18-8-6-17(7-9-18)10-11-3-4-11/h1-2,5,11H,3-4,6-10H2. The van der Waals surface area contributed by atoms with Crippen molar-refractivity contribution in [3.63, 3.8) is 0 Å². The molecule has 1 aliphatic carbocycles. The van der Waals surface area contributed by atoms with E-state index in [4.69, 9.17) is 0 Å². The number of nitrogens with zero attached hydrogens (tertiary/aromatic N) is 3. The van der Waals surface area contributed by atoms with Gasteiger partial charge in [-0.15, -0.1) is 0 Å². The van der Waals surface area contributed by atoms with Gasteiger partial charge in [-0.1, -0.05) is 0 Å². The highest BCUT2D eigenvalue weighted by atomic mass is 79.9. The largest absolute Gasteiger partial charge is 0.335 e. The fourth-order valence-electron chi connectivity index (χ4n) is 2.49. The fraction of sp³-hybridized carbons (Fsp3) is 0.571. The number of rotatable bonds is 3. The van der Waals surface area contributed by atoms with Crippen molar-refractivity contribution in [3.05, 3.63) is 28.5 Å². The molecule has 5 heteroatoms. The molecule has 2 aliphatic rings. The van der Waals surface area contributed by atoms with E-state index in [2.05, 4.69) is 25.8 Å². The van der Waals surface area contributed by atoms with Crippen molar-refractivity contribution in [1.82, 2.24) is 14.8 Å². The Labute approximate surface area is 121 Å². The minimum Gasteiger partial charge on any atom is -0.335 e. The van der Waals surface area contributed by atoms with Crippen LogP contribution in [0.1, 0.15) is 23.3 Å². The lowest BCUT2D eigenvalue weighted by Crippen LogP contribution is -2.49. The van der Waals surface area contributed by atoms with Gasteiger partial charge < -0.3 is 4.90 Å². The van der Waals surface area contributed by atoms with Gasteiger partial charge in [0.25, 0.3) is 5.91 Å². The SMILES string of the molecule is O=C(c1ncccc1Br)N1CCN(CC2CC2)CC1. The summed E-state index contributed by atoms with van der Waals surface area (Å²) in [6.07, 6.45) is 4.45. The second-order valence-electron chi connectivity index (χ2n) is 5.37. The Morgan fingerprint density at radius 2 is 2.05 bits per heavy atom. The number of aromatic nitrogens is 1. The molecule has 0 bridgehead atoms. The van der Waals surface area contributed by atoms with Gasteiger partial charge in [0.1, 0.15) is 5.69 Å². The third kappa shape index (κ3) is 3.15. The number of carbonyl (C=O) groups excluding carboxylic acids is 1. The molecular weight excluding hydrogens is 306 g/mol. The van der Waals surface area contributed by atoms with E-state index in [0.717, 1.165) is 36.6 Å². The minimum atomic E-state index is 0.0403. The molecule has 19 heavy (non-hydrogen) atoms. The predicted octanol–water partition coefficient (Wildman–Crippen LogP) is 2.01. The summed E-state index contributed by atoms with van der Waals surface area (Å²) in [5, 5.41) is 0. The van der Waals surface area contributed by atoms with E-state index in [-0.39, 0.29) is 5.91 Å². The maximum absolute atomic E-state index is 12.4. The second-order valence-corrected chi connectivity index (χ2v) is 6.22. The van der Waals surface area contributed by atoms with E-state index < -0.39 is 0 Å². The van der Waals surface area contributed by atoms with Crippen LogP contribution in [0.25, 0.3) is 0 Å². The quantitative estimate of drug-likeness (QED) is 0.853. The van der Waals surface area contributed by atoms with E-state index in [1.807, 2.05) is 17.0 Å². The van der Waals surface area contributed by atoms with Gasteiger partial charge in [-0.3, -0.25) is 9.69 Å². The van der Waals surface area contributed by atoms with Crippen LogP contribution in [0.3, 0.4) is 0 Å². The topological polar surface area (TPSA) is 36.4 Å². The highest BCUT2D eigenvalue weighted by molar-refractivity contribution is 9.10. The Balaban J connectivity index is 1.58. The molecule has 0 atom stereocenters. The zero-order valence-electron chi connectivity index (χ0n) is 10.9. The summed E-state index contributed by atoms with van der Waals surface area (Å²) in [4.78, 5) is 21.0. The maximum Gasteiger partial charge on any atom is 0.273 e. The Hall–Kier alpha value is -0.940. The highest BCUT2D eigenvalue weighted by Crippen LogP contribution is 2.30. The number of amides is 1. The molecule has 1 aromatic rings. The van der Waals surface area contributed by atoms with Gasteiger partial charge in [-0.25, -0.2) is 4.98 Å². The van der Waals surface area contributed by atoms with Crippen LogP contribution in [0, 0.1) is 5.92 Å². The number of hydrogen-bond acceptors (Lipinski definition) is 3. The fourth-order valence-corrected chi connectivity index (χ4v) is 2.92. The van der Waals surface area contributed by atoms with Gasteiger partial charge in [0.2, 0.25) is 0 Å². The first-order chi connectivity index (χ1) is 9.24. The van der Waals surface area contributed by atoms with Crippen LogP contribution in [0.4, 0.5) is 0 Å². The molecule has 2 fully saturated rings. The third-order valence-electron chi connectivity index (χ3n) is 3.83. The second kappa shape index (κ2) is 5.59. The molecule has 102 valence electrons. The Bertz CT molecular complexity index is 468. The zero-order chi connectivity index (χ0) is 13.2. The lowest BCUT2D eigenvalue weighted by molar-refractivity contribution is 0.0625. The molecule has 1 aromatic heterocycles. The predicted molar refractivity (Wildman–Crippen MR) is 77.0 cm³/mol. The smallest absolute Gasteiger partial charge is 0.273 e. The first-order valence-electron chi connectivity index (χ1n) is 6.86. The summed E-state index contributed by atoms with van der Waals surface area (Å²) in [5.74, 6) is 0.964. The van der Waals surface area contributed by atoms with E-state index >= 15 is 0 Å². The van der Waals surface area contributed by atoms with E-state index in [1.165, 1.54) is 19.4 Å². The van der Waals surface area contributed by atoms with Gasteiger partial charge in [0.15, 0.2) is 0 Å². The van der Waals surface area contributed by atoms with Crippen molar-refractivity contribution in [2.45, 2.75) is 12.8 Å². The Morgan fingerprint density at radius 1 is 1.32 bits per heavy atom. The molecule has 0 radical (unpaired) electrons. The first kappa shape index (κ1) is 13.1. The Kier molecular flexibility index (Phi) is 3.84. The van der Waals surface area contributed by atoms with Gasteiger partial charge in [-0.05, 0) is 46.8 Å². The van der Waals surface area contributed by atoms with Crippen molar-refractivity contribution in [1.29, 1.82) is 0 Å². The van der Waals surface area contributed by atoms with Crippen LogP contribution < -0.4 is 0 Å². The molecule has 3 rings (SSSR count). The molecule has 2 heterocycles. The first-order valence-corrected chi connectivity index (χ1v) is 7.65. The number of pyridine rings is 1. The monoisotopic (exact) mass is 323 g/mol. The summed E-state index contributed by atoms with van der Waals surface area (Å²) in [7, 11) is 0. The van der Waals surface area contributed by atoms with Crippen LogP contribution in [-0.2, 0) is 0 Å². The van der Waals surface area contributed by atoms with Crippen LogP contribution in [-0.4, -0.2) is 53.4 Å². The highest BCUT2D eigenvalue weighted by Gasteiger charge is 2.28. The normalized spacial score (nSPS) is 20.6. The summed E-state index contributed by atoms with van der Waals surface area (Å²) in [5.41, 5.74) is 0.526. The lowest BCUT2D eigenvalue weighted by Gasteiger charge is -2.34. The summed E-state index contributed by atoms with van der Waals surface area (Å²) in [6, 6.07) is 3.69. The van der Waals surface area contributed by atoms with Crippen molar-refractivity contribution >= 4 is 21.8 Å². The van der Waals surface area contributed by atoms with E-state index in [0.29, 0.717) is 5.69 Å². The van der Waals surface area contributed by atoms with Crippen LogP contribution >= 0.6 is 15.9 Å². The average molecular weight is 324 g/mol. The van der Waals surface area contributed by atoms with Crippen LogP contribution in [0.5, 0.6) is 0 Å². The van der Waals surface area contributed by atoms with Crippen LogP contribution in [0.2, 0.25) is 0 Å². The summed E-state index contributed by atoms with van der Waals surface area (Å²) < 4.78 is 0.778. The summed E-state index contributed by atoms with van der Waals surface area (Å²) in [6.45, 7) is 4.83. The molecule has 0 N–H and O–H groups in total. The maximum atomic E-state index is 12.4. The molecule has 1 saturated heterocycles. The average Bonchev–Trinajstić information content (AvgIpc) is 3.23. The molecule has 1 aliphatic heterocycles. The summed E-state index contributed by atoms with van der Waals surface area (Å²) >= 11 is 3.40. The molecular formula is C14H18BrN3O. The van der Waals surface area contributed by atoms with Gasteiger partial charge in [0.05, 0.1) is 0 Å². The Morgan fingerprint density at radius 3 is 2.68 bits per heavy atom. The van der Waals surface area contributed by atoms with E-state index in [1.54, 1.807) is 6.20 Å². The van der Waals surface area contributed by atoms with Gasteiger partial charge >= 0.3 is 0 Å². The minimum absolute atomic E-state index is 0.0403. The van der Waals surface area contributed by atoms with Crippen LogP contribution in [0.15, 0.2) is 22.8 Å². The molecule has 0 aromatic carbocycles. The zero-order valence-corrected chi connectivity index (χ0v) is 12.5. The van der Waals surface area contributed by atoms with Gasteiger partial charge in [-0.2, -0.15) is 0 Å². The molecule has 0 unspecified atom stereocenters. The number of halogens is 1. The van der Waals surface area contributed by atoms with Crippen molar-refractivity contribution in [2.75, 3.05) is 32.7 Å². The lowest BCUT2D eigenvalue weighted by atomic mass is 10.2. The van der Waals surface area contributed by atoms with Crippen molar-refractivity contribution in [3.8, 4) is 0 Å². The third-order valence-corrected chi connectivity index (χ3v) is 4.47. The van der Waals surface area contributed by atoms with E-state index in [9.17, 15) is 4.79 Å².